The SMILES string of the molecule is Cc1ccccc1-n1c(SCC(=O)N/N=C\C(Br)=C\c2ccccc2)nc2ccccc2c1=O. The van der Waals surface area contributed by atoms with Crippen molar-refractivity contribution in [1.82, 2.24) is 15.0 Å². The van der Waals surface area contributed by atoms with E-state index in [0.717, 1.165) is 21.3 Å². The van der Waals surface area contributed by atoms with E-state index in [9.17, 15) is 9.59 Å². The number of hydrazone groups is 1. The van der Waals surface area contributed by atoms with Gasteiger partial charge in [-0.25, -0.2) is 10.4 Å². The van der Waals surface area contributed by atoms with Crippen molar-refractivity contribution in [3.8, 4) is 5.69 Å². The number of halogens is 1. The van der Waals surface area contributed by atoms with Gasteiger partial charge in [0.05, 0.1) is 28.6 Å². The minimum atomic E-state index is -0.306. The Labute approximate surface area is 209 Å². The normalized spacial score (nSPS) is 11.8. The minimum Gasteiger partial charge on any atom is -0.272 e. The number of benzene rings is 3. The molecule has 0 spiro atoms. The molecule has 0 radical (unpaired) electrons. The molecule has 0 bridgehead atoms. The van der Waals surface area contributed by atoms with Gasteiger partial charge in [0, 0.05) is 4.48 Å². The number of amides is 1. The molecule has 6 nitrogen and oxygen atoms in total. The second kappa shape index (κ2) is 11.1. The molecule has 1 heterocycles. The molecule has 1 N–H and O–H groups in total. The molecular formula is C26H21BrN4O2S. The lowest BCUT2D eigenvalue weighted by Crippen LogP contribution is -2.24. The van der Waals surface area contributed by atoms with Crippen LogP contribution in [0.15, 0.2) is 98.4 Å². The fourth-order valence-electron chi connectivity index (χ4n) is 3.31. The smallest absolute Gasteiger partial charge is 0.266 e. The number of carbonyl (C=O) groups excluding carboxylic acids is 1. The maximum Gasteiger partial charge on any atom is 0.266 e. The second-order valence-corrected chi connectivity index (χ2v) is 9.22. The first kappa shape index (κ1) is 23.7. The van der Waals surface area contributed by atoms with Gasteiger partial charge in [-0.1, -0.05) is 72.4 Å². The average Bonchev–Trinajstić information content (AvgIpc) is 2.84. The Balaban J connectivity index is 1.52. The zero-order valence-electron chi connectivity index (χ0n) is 18.3. The number of aromatic nitrogens is 2. The zero-order valence-corrected chi connectivity index (χ0v) is 20.7. The number of hydrogen-bond acceptors (Lipinski definition) is 5. The molecule has 4 rings (SSSR count). The minimum absolute atomic E-state index is 0.0496. The van der Waals surface area contributed by atoms with Gasteiger partial charge in [-0.3, -0.25) is 14.2 Å². The van der Waals surface area contributed by atoms with E-state index < -0.39 is 0 Å². The van der Waals surface area contributed by atoms with Crippen LogP contribution in [0.2, 0.25) is 0 Å². The van der Waals surface area contributed by atoms with Gasteiger partial charge in [0.25, 0.3) is 11.5 Å². The molecule has 1 amide bonds. The summed E-state index contributed by atoms with van der Waals surface area (Å²) in [4.78, 5) is 30.4. The largest absolute Gasteiger partial charge is 0.272 e. The number of nitrogens with one attached hydrogen (secondary N) is 1. The van der Waals surface area contributed by atoms with Crippen molar-refractivity contribution >= 4 is 56.8 Å². The second-order valence-electron chi connectivity index (χ2n) is 7.36. The molecule has 0 aliphatic carbocycles. The van der Waals surface area contributed by atoms with Gasteiger partial charge >= 0.3 is 0 Å². The van der Waals surface area contributed by atoms with Crippen LogP contribution in [-0.2, 0) is 4.79 Å². The van der Waals surface area contributed by atoms with Gasteiger partial charge in [0.15, 0.2) is 5.16 Å². The molecule has 34 heavy (non-hydrogen) atoms. The Hall–Kier alpha value is -3.49. The quantitative estimate of drug-likeness (QED) is 0.151. The van der Waals surface area contributed by atoms with E-state index in [-0.39, 0.29) is 17.2 Å². The van der Waals surface area contributed by atoms with Crippen molar-refractivity contribution in [1.29, 1.82) is 0 Å². The summed E-state index contributed by atoms with van der Waals surface area (Å²) in [6.45, 7) is 1.94. The summed E-state index contributed by atoms with van der Waals surface area (Å²) >= 11 is 4.61. The van der Waals surface area contributed by atoms with Crippen LogP contribution in [0.5, 0.6) is 0 Å². The van der Waals surface area contributed by atoms with Gasteiger partial charge in [-0.2, -0.15) is 5.10 Å². The van der Waals surface area contributed by atoms with Crippen molar-refractivity contribution < 1.29 is 4.79 Å². The fourth-order valence-corrected chi connectivity index (χ4v) is 4.47. The van der Waals surface area contributed by atoms with Crippen LogP contribution in [0.25, 0.3) is 22.7 Å². The van der Waals surface area contributed by atoms with Crippen LogP contribution in [-0.4, -0.2) is 27.4 Å². The number of thioether (sulfide) groups is 1. The van der Waals surface area contributed by atoms with Crippen LogP contribution < -0.4 is 11.0 Å². The molecule has 1 aromatic heterocycles. The number of rotatable bonds is 7. The number of fused-ring (bicyclic) bond motifs is 1. The van der Waals surface area contributed by atoms with Crippen LogP contribution >= 0.6 is 27.7 Å². The Kier molecular flexibility index (Phi) is 7.72. The molecule has 4 aromatic rings. The van der Waals surface area contributed by atoms with E-state index in [1.807, 2.05) is 79.7 Å². The first-order chi connectivity index (χ1) is 16.5. The molecule has 170 valence electrons. The zero-order chi connectivity index (χ0) is 23.9. The van der Waals surface area contributed by atoms with Gasteiger partial charge < -0.3 is 0 Å². The van der Waals surface area contributed by atoms with Crippen molar-refractivity contribution in [3.05, 3.63) is 105 Å². The fraction of sp³-hybridized carbons (Fsp3) is 0.0769. The maximum atomic E-state index is 13.3. The van der Waals surface area contributed by atoms with Crippen LogP contribution in [0.1, 0.15) is 11.1 Å². The first-order valence-electron chi connectivity index (χ1n) is 10.5. The van der Waals surface area contributed by atoms with E-state index in [2.05, 4.69) is 31.4 Å². The topological polar surface area (TPSA) is 76.3 Å². The van der Waals surface area contributed by atoms with E-state index in [0.29, 0.717) is 16.1 Å². The number of allylic oxidation sites excluding steroid dienone is 1. The Morgan fingerprint density at radius 1 is 1.06 bits per heavy atom. The van der Waals surface area contributed by atoms with E-state index in [1.165, 1.54) is 18.0 Å². The van der Waals surface area contributed by atoms with Crippen molar-refractivity contribution in [2.45, 2.75) is 12.1 Å². The van der Waals surface area contributed by atoms with Gasteiger partial charge in [-0.05, 0) is 58.3 Å². The lowest BCUT2D eigenvalue weighted by molar-refractivity contribution is -0.118. The summed E-state index contributed by atoms with van der Waals surface area (Å²) in [6, 6.07) is 24.6. The molecule has 0 saturated carbocycles. The Bertz CT molecular complexity index is 1450. The number of carbonyl (C=O) groups is 1. The van der Waals surface area contributed by atoms with Gasteiger partial charge in [0.2, 0.25) is 0 Å². The summed E-state index contributed by atoms with van der Waals surface area (Å²) in [7, 11) is 0. The Morgan fingerprint density at radius 3 is 2.56 bits per heavy atom. The summed E-state index contributed by atoms with van der Waals surface area (Å²) < 4.78 is 2.29. The van der Waals surface area contributed by atoms with E-state index >= 15 is 0 Å². The molecule has 0 fully saturated rings. The van der Waals surface area contributed by atoms with Crippen LogP contribution in [0.4, 0.5) is 0 Å². The third-order valence-corrected chi connectivity index (χ3v) is 6.29. The highest BCUT2D eigenvalue weighted by Crippen LogP contribution is 2.23. The lowest BCUT2D eigenvalue weighted by Gasteiger charge is -2.14. The Morgan fingerprint density at radius 2 is 1.76 bits per heavy atom. The van der Waals surface area contributed by atoms with Crippen LogP contribution in [0.3, 0.4) is 0 Å². The predicted octanol–water partition coefficient (Wildman–Crippen LogP) is 5.32. The molecule has 0 aliphatic rings. The first-order valence-corrected chi connectivity index (χ1v) is 12.3. The van der Waals surface area contributed by atoms with E-state index in [4.69, 9.17) is 0 Å². The molecule has 3 aromatic carbocycles. The molecule has 0 saturated heterocycles. The van der Waals surface area contributed by atoms with E-state index in [1.54, 1.807) is 16.7 Å². The van der Waals surface area contributed by atoms with Crippen molar-refractivity contribution in [2.75, 3.05) is 5.75 Å². The van der Waals surface area contributed by atoms with Crippen molar-refractivity contribution in [3.63, 3.8) is 0 Å². The number of aryl methyl sites for hydroxylation is 1. The lowest BCUT2D eigenvalue weighted by atomic mass is 10.2. The van der Waals surface area contributed by atoms with Gasteiger partial charge in [-0.15, -0.1) is 0 Å². The van der Waals surface area contributed by atoms with Crippen molar-refractivity contribution in [2.24, 2.45) is 5.10 Å². The third-order valence-electron chi connectivity index (χ3n) is 4.91. The van der Waals surface area contributed by atoms with Gasteiger partial charge in [0.1, 0.15) is 0 Å². The molecule has 0 unspecified atom stereocenters. The van der Waals surface area contributed by atoms with Crippen LogP contribution in [0, 0.1) is 6.92 Å². The summed E-state index contributed by atoms with van der Waals surface area (Å²) in [5.41, 5.74) is 5.62. The number of para-hydroxylation sites is 2. The molecule has 0 atom stereocenters. The number of hydrogen-bond donors (Lipinski definition) is 1. The highest BCUT2D eigenvalue weighted by molar-refractivity contribution is 9.12. The standard InChI is InChI=1S/C26H21BrN4O2S/c1-18-9-5-8-14-23(18)31-25(33)21-12-6-7-13-22(21)29-26(31)34-17-24(32)30-28-16-20(27)15-19-10-3-2-4-11-19/h2-16H,17H2,1H3,(H,30,32)/b20-15-,28-16-. The third kappa shape index (κ3) is 5.70. The average molecular weight is 533 g/mol. The monoisotopic (exact) mass is 532 g/mol. The maximum absolute atomic E-state index is 13.3. The summed E-state index contributed by atoms with van der Waals surface area (Å²) in [6.07, 6.45) is 3.41. The predicted molar refractivity (Wildman–Crippen MR) is 143 cm³/mol. The molecular weight excluding hydrogens is 512 g/mol. The highest BCUT2D eigenvalue weighted by Gasteiger charge is 2.15. The summed E-state index contributed by atoms with van der Waals surface area (Å²) in [5, 5.41) is 4.97. The summed E-state index contributed by atoms with van der Waals surface area (Å²) in [5.74, 6) is -0.256. The molecule has 0 aliphatic heterocycles. The highest BCUT2D eigenvalue weighted by atomic mass is 79.9. The number of nitrogens with zero attached hydrogens (tertiary/aromatic N) is 3. The molecule has 8 heteroatoms.